The topological polar surface area (TPSA) is 98.2 Å². The zero-order valence-corrected chi connectivity index (χ0v) is 20.8. The van der Waals surface area contributed by atoms with Crippen molar-refractivity contribution in [2.75, 3.05) is 14.2 Å². The van der Waals surface area contributed by atoms with Gasteiger partial charge in [-0.25, -0.2) is 4.68 Å². The Balaban J connectivity index is 1.40. The molecule has 9 nitrogen and oxygen atoms in total. The molecule has 0 amide bonds. The van der Waals surface area contributed by atoms with Crippen LogP contribution in [0.3, 0.4) is 0 Å². The number of aromatic amines is 1. The van der Waals surface area contributed by atoms with Gasteiger partial charge in [0.15, 0.2) is 5.82 Å². The minimum atomic E-state index is -0.0746. The molecule has 0 spiro atoms. The zero-order valence-electron chi connectivity index (χ0n) is 20.8. The summed E-state index contributed by atoms with van der Waals surface area (Å²) in [5.41, 5.74) is 2.53. The summed E-state index contributed by atoms with van der Waals surface area (Å²) in [5, 5.41) is 13.5. The Bertz CT molecular complexity index is 1360. The molecule has 0 atom stereocenters. The first-order valence-electron chi connectivity index (χ1n) is 12.4. The Morgan fingerprint density at radius 3 is 2.47 bits per heavy atom. The van der Waals surface area contributed by atoms with E-state index in [0.717, 1.165) is 52.2 Å². The highest BCUT2D eigenvalue weighted by Gasteiger charge is 2.24. The third-order valence-corrected chi connectivity index (χ3v) is 7.04. The SMILES string of the molecule is COc1ccc(Cn2nnnc2CN(Cc2cc3ccc(OC)cc3[nH]c2=O)C2CCCCC2)cc1. The third kappa shape index (κ3) is 5.41. The van der Waals surface area contributed by atoms with Crippen LogP contribution < -0.4 is 15.0 Å². The van der Waals surface area contributed by atoms with Crippen molar-refractivity contribution in [2.45, 2.75) is 57.8 Å². The normalized spacial score (nSPS) is 14.4. The maximum Gasteiger partial charge on any atom is 0.252 e. The summed E-state index contributed by atoms with van der Waals surface area (Å²) in [7, 11) is 3.28. The molecular formula is C27H32N6O3. The lowest BCUT2D eigenvalue weighted by atomic mass is 9.93. The van der Waals surface area contributed by atoms with Crippen molar-refractivity contribution >= 4 is 10.9 Å². The van der Waals surface area contributed by atoms with Crippen molar-refractivity contribution in [1.29, 1.82) is 0 Å². The minimum absolute atomic E-state index is 0.0746. The van der Waals surface area contributed by atoms with E-state index in [0.29, 0.717) is 25.7 Å². The van der Waals surface area contributed by atoms with E-state index in [1.54, 1.807) is 14.2 Å². The van der Waals surface area contributed by atoms with E-state index < -0.39 is 0 Å². The Hall–Kier alpha value is -3.72. The smallest absolute Gasteiger partial charge is 0.252 e. The minimum Gasteiger partial charge on any atom is -0.497 e. The molecule has 2 aromatic heterocycles. The van der Waals surface area contributed by atoms with Crippen LogP contribution in [-0.2, 0) is 19.6 Å². The molecule has 0 saturated heterocycles. The number of pyridine rings is 1. The molecule has 188 valence electrons. The second-order valence-corrected chi connectivity index (χ2v) is 9.37. The molecule has 1 aliphatic carbocycles. The average molecular weight is 489 g/mol. The predicted octanol–water partition coefficient (Wildman–Crippen LogP) is 3.92. The Morgan fingerprint density at radius 1 is 0.972 bits per heavy atom. The molecule has 36 heavy (non-hydrogen) atoms. The summed E-state index contributed by atoms with van der Waals surface area (Å²) in [6, 6.07) is 16.0. The number of nitrogens with one attached hydrogen (secondary N) is 1. The van der Waals surface area contributed by atoms with Gasteiger partial charge in [-0.1, -0.05) is 31.4 Å². The van der Waals surface area contributed by atoms with Crippen LogP contribution >= 0.6 is 0 Å². The van der Waals surface area contributed by atoms with Gasteiger partial charge in [0.25, 0.3) is 5.56 Å². The van der Waals surface area contributed by atoms with E-state index in [9.17, 15) is 4.79 Å². The van der Waals surface area contributed by atoms with Crippen molar-refractivity contribution in [3.05, 3.63) is 75.8 Å². The number of ether oxygens (including phenoxy) is 2. The first-order valence-corrected chi connectivity index (χ1v) is 12.4. The number of hydrogen-bond donors (Lipinski definition) is 1. The van der Waals surface area contributed by atoms with Gasteiger partial charge in [0, 0.05) is 24.2 Å². The molecule has 0 aliphatic heterocycles. The highest BCUT2D eigenvalue weighted by molar-refractivity contribution is 5.80. The number of aromatic nitrogens is 5. The highest BCUT2D eigenvalue weighted by atomic mass is 16.5. The Labute approximate surface area is 210 Å². The van der Waals surface area contributed by atoms with Gasteiger partial charge in [-0.05, 0) is 64.5 Å². The number of hydrogen-bond acceptors (Lipinski definition) is 7. The number of benzene rings is 2. The predicted molar refractivity (Wildman–Crippen MR) is 137 cm³/mol. The van der Waals surface area contributed by atoms with Crippen molar-refractivity contribution in [1.82, 2.24) is 30.1 Å². The van der Waals surface area contributed by atoms with Gasteiger partial charge in [0.2, 0.25) is 0 Å². The molecule has 1 saturated carbocycles. The molecule has 5 rings (SSSR count). The standard InChI is InChI=1S/C27H32N6O3/c1-35-23-11-8-19(9-12-23)16-33-26(29-30-31-33)18-32(22-6-4-3-5-7-22)17-21-14-20-10-13-24(36-2)15-25(20)28-27(21)34/h8-15,22H,3-7,16-18H2,1-2H3,(H,28,34). The van der Waals surface area contributed by atoms with Gasteiger partial charge in [0.05, 0.1) is 32.8 Å². The summed E-state index contributed by atoms with van der Waals surface area (Å²) >= 11 is 0. The van der Waals surface area contributed by atoms with Crippen LogP contribution in [0.25, 0.3) is 10.9 Å². The average Bonchev–Trinajstić information content (AvgIpc) is 3.35. The maximum absolute atomic E-state index is 13.0. The molecule has 1 aliphatic rings. The molecule has 0 unspecified atom stereocenters. The second kappa shape index (κ2) is 10.9. The second-order valence-electron chi connectivity index (χ2n) is 9.37. The molecule has 1 N–H and O–H groups in total. The monoisotopic (exact) mass is 488 g/mol. The van der Waals surface area contributed by atoms with Crippen LogP contribution in [0.5, 0.6) is 11.5 Å². The maximum atomic E-state index is 13.0. The number of tetrazole rings is 1. The van der Waals surface area contributed by atoms with Crippen molar-refractivity contribution in [3.63, 3.8) is 0 Å². The zero-order chi connectivity index (χ0) is 24.9. The summed E-state index contributed by atoms with van der Waals surface area (Å²) in [6.45, 7) is 1.69. The van der Waals surface area contributed by atoms with Crippen LogP contribution in [0.1, 0.15) is 49.1 Å². The highest BCUT2D eigenvalue weighted by Crippen LogP contribution is 2.26. The number of fused-ring (bicyclic) bond motifs is 1. The molecule has 2 aromatic carbocycles. The van der Waals surface area contributed by atoms with E-state index in [1.807, 2.05) is 53.2 Å². The van der Waals surface area contributed by atoms with Crippen LogP contribution in [0, 0.1) is 0 Å². The summed E-state index contributed by atoms with van der Waals surface area (Å²) < 4.78 is 12.4. The van der Waals surface area contributed by atoms with E-state index >= 15 is 0 Å². The molecule has 0 bridgehead atoms. The Morgan fingerprint density at radius 2 is 1.72 bits per heavy atom. The first kappa shape index (κ1) is 24.0. The number of methoxy groups -OCH3 is 2. The molecule has 9 heteroatoms. The molecular weight excluding hydrogens is 456 g/mol. The summed E-state index contributed by atoms with van der Waals surface area (Å²) in [5.74, 6) is 2.33. The van der Waals surface area contributed by atoms with Gasteiger partial charge < -0.3 is 14.5 Å². The lowest BCUT2D eigenvalue weighted by Crippen LogP contribution is -2.38. The fourth-order valence-electron chi connectivity index (χ4n) is 4.99. The number of H-pyrrole nitrogens is 1. The van der Waals surface area contributed by atoms with Crippen molar-refractivity contribution in [3.8, 4) is 11.5 Å². The van der Waals surface area contributed by atoms with Crippen LogP contribution in [0.15, 0.2) is 53.3 Å². The third-order valence-electron chi connectivity index (χ3n) is 7.04. The first-order chi connectivity index (χ1) is 17.6. The number of rotatable bonds is 9. The Kier molecular flexibility index (Phi) is 7.27. The quantitative estimate of drug-likeness (QED) is 0.381. The molecule has 4 aromatic rings. The van der Waals surface area contributed by atoms with Crippen LogP contribution in [-0.4, -0.2) is 50.4 Å². The van der Waals surface area contributed by atoms with Gasteiger partial charge in [0.1, 0.15) is 11.5 Å². The van der Waals surface area contributed by atoms with Gasteiger partial charge in [-0.3, -0.25) is 9.69 Å². The van der Waals surface area contributed by atoms with Gasteiger partial charge >= 0.3 is 0 Å². The van der Waals surface area contributed by atoms with E-state index in [4.69, 9.17) is 9.47 Å². The van der Waals surface area contributed by atoms with Gasteiger partial charge in [-0.15, -0.1) is 5.10 Å². The lowest BCUT2D eigenvalue weighted by Gasteiger charge is -2.33. The largest absolute Gasteiger partial charge is 0.497 e. The fraction of sp³-hybridized carbons (Fsp3) is 0.407. The summed E-state index contributed by atoms with van der Waals surface area (Å²) in [6.07, 6.45) is 5.89. The summed E-state index contributed by atoms with van der Waals surface area (Å²) in [4.78, 5) is 18.4. The van der Waals surface area contributed by atoms with Gasteiger partial charge in [-0.2, -0.15) is 0 Å². The lowest BCUT2D eigenvalue weighted by molar-refractivity contribution is 0.134. The van der Waals surface area contributed by atoms with E-state index in [1.165, 1.54) is 19.3 Å². The van der Waals surface area contributed by atoms with E-state index in [2.05, 4.69) is 25.4 Å². The van der Waals surface area contributed by atoms with Crippen molar-refractivity contribution in [2.24, 2.45) is 0 Å². The molecule has 2 heterocycles. The molecule has 0 radical (unpaired) electrons. The van der Waals surface area contributed by atoms with Crippen molar-refractivity contribution < 1.29 is 9.47 Å². The fourth-order valence-corrected chi connectivity index (χ4v) is 4.99. The van der Waals surface area contributed by atoms with Crippen LogP contribution in [0.4, 0.5) is 0 Å². The molecule has 1 fully saturated rings. The van der Waals surface area contributed by atoms with E-state index in [-0.39, 0.29) is 5.56 Å². The van der Waals surface area contributed by atoms with Crippen LogP contribution in [0.2, 0.25) is 0 Å². The number of nitrogens with zero attached hydrogens (tertiary/aromatic N) is 5.